The number of hydrogen-bond acceptors (Lipinski definition) is 5. The third-order valence-corrected chi connectivity index (χ3v) is 6.29. The van der Waals surface area contributed by atoms with Gasteiger partial charge in [-0.05, 0) is 38.5 Å². The zero-order valence-corrected chi connectivity index (χ0v) is 13.4. The van der Waals surface area contributed by atoms with Gasteiger partial charge in [0, 0.05) is 10.5 Å². The molecule has 0 radical (unpaired) electrons. The average molecular weight is 314 g/mol. The molecule has 4 nitrogen and oxygen atoms in total. The van der Waals surface area contributed by atoms with Crippen molar-refractivity contribution in [3.05, 3.63) is 0 Å². The van der Waals surface area contributed by atoms with Crippen molar-refractivity contribution in [3.63, 3.8) is 0 Å². The van der Waals surface area contributed by atoms with Gasteiger partial charge in [0.1, 0.15) is 0 Å². The minimum absolute atomic E-state index is 0.534. The summed E-state index contributed by atoms with van der Waals surface area (Å²) in [7, 11) is 0. The number of hydrogen-bond donors (Lipinski definition) is 0. The standard InChI is InChI=1S/C16H26O4S/c1(11-7-17-11)3-15(5-13-9-19-13)21-16(6-14-10-20-14)4-2-12-8-18-12/h11-16H,1-10H2. The van der Waals surface area contributed by atoms with Crippen molar-refractivity contribution in [2.24, 2.45) is 0 Å². The number of thioether (sulfide) groups is 1. The summed E-state index contributed by atoms with van der Waals surface area (Å²) in [4.78, 5) is 0. The number of epoxide rings is 4. The van der Waals surface area contributed by atoms with Crippen LogP contribution >= 0.6 is 11.8 Å². The second kappa shape index (κ2) is 6.75. The summed E-state index contributed by atoms with van der Waals surface area (Å²) in [5.74, 6) is 0. The molecular formula is C16H26O4S. The maximum Gasteiger partial charge on any atom is 0.0820 e. The second-order valence-electron chi connectivity index (χ2n) is 6.83. The number of ether oxygens (including phenoxy) is 4. The highest BCUT2D eigenvalue weighted by Crippen LogP contribution is 2.37. The summed E-state index contributed by atoms with van der Waals surface area (Å²) >= 11 is 2.19. The molecule has 6 atom stereocenters. The van der Waals surface area contributed by atoms with Crippen LogP contribution in [-0.4, -0.2) is 61.3 Å². The first-order chi connectivity index (χ1) is 10.3. The topological polar surface area (TPSA) is 50.1 Å². The molecule has 5 heteroatoms. The molecule has 4 aliphatic heterocycles. The molecule has 4 fully saturated rings. The molecule has 0 saturated carbocycles. The Hall–Kier alpha value is 0.190. The molecule has 0 aromatic carbocycles. The maximum absolute atomic E-state index is 5.46. The van der Waals surface area contributed by atoms with Gasteiger partial charge in [0.25, 0.3) is 0 Å². The fourth-order valence-corrected chi connectivity index (χ4v) is 4.70. The first-order valence-electron chi connectivity index (χ1n) is 8.47. The average Bonchev–Trinajstić information content (AvgIpc) is 3.35. The van der Waals surface area contributed by atoms with Gasteiger partial charge in [-0.15, -0.1) is 0 Å². The highest BCUT2D eigenvalue weighted by Gasteiger charge is 2.34. The van der Waals surface area contributed by atoms with Crippen LogP contribution in [0.5, 0.6) is 0 Å². The zero-order chi connectivity index (χ0) is 14.1. The van der Waals surface area contributed by atoms with Crippen LogP contribution < -0.4 is 0 Å². The van der Waals surface area contributed by atoms with Crippen LogP contribution in [0.3, 0.4) is 0 Å². The lowest BCUT2D eigenvalue weighted by molar-refractivity contribution is 0.368. The van der Waals surface area contributed by atoms with E-state index in [4.69, 9.17) is 18.9 Å². The normalized spacial score (nSPS) is 38.9. The van der Waals surface area contributed by atoms with Gasteiger partial charge < -0.3 is 18.9 Å². The first-order valence-corrected chi connectivity index (χ1v) is 9.41. The van der Waals surface area contributed by atoms with Crippen LogP contribution in [0, 0.1) is 0 Å². The van der Waals surface area contributed by atoms with Gasteiger partial charge in [-0.2, -0.15) is 11.8 Å². The summed E-state index contributed by atoms with van der Waals surface area (Å²) in [5, 5.41) is 1.45. The van der Waals surface area contributed by atoms with Crippen LogP contribution in [0.15, 0.2) is 0 Å². The van der Waals surface area contributed by atoms with Gasteiger partial charge in [0.2, 0.25) is 0 Å². The molecule has 0 aromatic rings. The molecule has 0 spiro atoms. The van der Waals surface area contributed by atoms with Crippen LogP contribution in [-0.2, 0) is 18.9 Å². The van der Waals surface area contributed by atoms with E-state index in [1.807, 2.05) is 0 Å². The van der Waals surface area contributed by atoms with E-state index in [0.29, 0.717) is 24.4 Å². The van der Waals surface area contributed by atoms with Crippen LogP contribution in [0.25, 0.3) is 0 Å². The molecule has 4 rings (SSSR count). The predicted octanol–water partition coefficient (Wildman–Crippen LogP) is 2.39. The SMILES string of the molecule is C(CC(CC1CO1)SC(CCC1CO1)CC1CO1)C1CO1. The van der Waals surface area contributed by atoms with Gasteiger partial charge in [-0.1, -0.05) is 0 Å². The van der Waals surface area contributed by atoms with E-state index in [1.165, 1.54) is 38.5 Å². The fourth-order valence-electron chi connectivity index (χ4n) is 2.96. The van der Waals surface area contributed by atoms with Crippen LogP contribution in [0.4, 0.5) is 0 Å². The predicted molar refractivity (Wildman–Crippen MR) is 81.8 cm³/mol. The van der Waals surface area contributed by atoms with Crippen LogP contribution in [0.2, 0.25) is 0 Å². The third kappa shape index (κ3) is 5.71. The van der Waals surface area contributed by atoms with E-state index < -0.39 is 0 Å². The van der Waals surface area contributed by atoms with Crippen molar-refractivity contribution in [1.82, 2.24) is 0 Å². The molecule has 0 aliphatic carbocycles. The van der Waals surface area contributed by atoms with Gasteiger partial charge in [-0.25, -0.2) is 0 Å². The molecule has 4 aliphatic rings. The Labute approximate surface area is 131 Å². The van der Waals surface area contributed by atoms with Crippen molar-refractivity contribution in [2.45, 2.75) is 73.4 Å². The van der Waals surface area contributed by atoms with Crippen LogP contribution in [0.1, 0.15) is 38.5 Å². The lowest BCUT2D eigenvalue weighted by atomic mass is 10.1. The summed E-state index contributed by atoms with van der Waals surface area (Å²) in [6, 6.07) is 0. The summed E-state index contributed by atoms with van der Waals surface area (Å²) in [6.45, 7) is 3.91. The Morgan fingerprint density at radius 1 is 0.667 bits per heavy atom. The van der Waals surface area contributed by atoms with Gasteiger partial charge in [-0.3, -0.25) is 0 Å². The van der Waals surface area contributed by atoms with Crippen molar-refractivity contribution < 1.29 is 18.9 Å². The molecule has 120 valence electrons. The largest absolute Gasteiger partial charge is 0.373 e. The van der Waals surface area contributed by atoms with Crippen molar-refractivity contribution in [3.8, 4) is 0 Å². The van der Waals surface area contributed by atoms with E-state index >= 15 is 0 Å². The molecule has 6 unspecified atom stereocenters. The Bertz CT molecular complexity index is 305. The second-order valence-corrected chi connectivity index (χ2v) is 8.43. The third-order valence-electron chi connectivity index (χ3n) is 4.67. The van der Waals surface area contributed by atoms with Gasteiger partial charge >= 0.3 is 0 Å². The maximum atomic E-state index is 5.46. The zero-order valence-electron chi connectivity index (χ0n) is 12.6. The molecular weight excluding hydrogens is 288 g/mol. The number of rotatable bonds is 12. The summed E-state index contributed by atoms with van der Waals surface area (Å²) < 4.78 is 21.6. The van der Waals surface area contributed by atoms with E-state index in [-0.39, 0.29) is 0 Å². The molecule has 4 heterocycles. The van der Waals surface area contributed by atoms with Gasteiger partial charge in [0.05, 0.1) is 50.8 Å². The minimum atomic E-state index is 0.534. The van der Waals surface area contributed by atoms with E-state index in [1.54, 1.807) is 0 Å². The quantitative estimate of drug-likeness (QED) is 0.518. The molecule has 0 bridgehead atoms. The van der Waals surface area contributed by atoms with Gasteiger partial charge in [0.15, 0.2) is 0 Å². The lowest BCUT2D eigenvalue weighted by Crippen LogP contribution is -2.17. The molecule has 0 aromatic heterocycles. The first kappa shape index (κ1) is 14.8. The van der Waals surface area contributed by atoms with Crippen molar-refractivity contribution in [1.29, 1.82) is 0 Å². The monoisotopic (exact) mass is 314 g/mol. The van der Waals surface area contributed by atoms with Crippen molar-refractivity contribution in [2.75, 3.05) is 26.4 Å². The Balaban J connectivity index is 1.25. The van der Waals surface area contributed by atoms with E-state index in [0.717, 1.165) is 36.9 Å². The minimum Gasteiger partial charge on any atom is -0.373 e. The molecule has 4 saturated heterocycles. The highest BCUT2D eigenvalue weighted by atomic mass is 32.2. The Morgan fingerprint density at radius 2 is 1.05 bits per heavy atom. The van der Waals surface area contributed by atoms with E-state index in [2.05, 4.69) is 11.8 Å². The molecule has 0 amide bonds. The summed E-state index contributed by atoms with van der Waals surface area (Å²) in [5.41, 5.74) is 0. The lowest BCUT2D eigenvalue weighted by Gasteiger charge is -2.22. The Kier molecular flexibility index (Phi) is 4.74. The highest BCUT2D eigenvalue weighted by molar-refractivity contribution is 8.00. The smallest absolute Gasteiger partial charge is 0.0820 e. The summed E-state index contributed by atoms with van der Waals surface area (Å²) in [6.07, 6.45) is 9.62. The Morgan fingerprint density at radius 3 is 1.38 bits per heavy atom. The van der Waals surface area contributed by atoms with E-state index in [9.17, 15) is 0 Å². The molecule has 0 N–H and O–H groups in total. The van der Waals surface area contributed by atoms with Crippen molar-refractivity contribution >= 4 is 11.8 Å². The molecule has 21 heavy (non-hydrogen) atoms. The fraction of sp³-hybridized carbons (Fsp3) is 1.00.